The number of ketones is 1. The molecule has 0 amide bonds. The van der Waals surface area contributed by atoms with Crippen LogP contribution in [-0.4, -0.2) is 36.9 Å². The fraction of sp³-hybridized carbons (Fsp3) is 0.538. The average Bonchev–Trinajstić information content (AvgIpc) is 3.55. The minimum atomic E-state index is -1.09. The second-order valence-corrected chi connectivity index (χ2v) is 11.1. The number of rotatable bonds is 4. The van der Waals surface area contributed by atoms with Crippen LogP contribution in [0.25, 0.3) is 0 Å². The minimum absolute atomic E-state index is 0.0739. The third-order valence-electron chi connectivity index (χ3n) is 8.27. The quantitative estimate of drug-likeness (QED) is 0.454. The van der Waals surface area contributed by atoms with Crippen molar-refractivity contribution in [1.29, 1.82) is 0 Å². The van der Waals surface area contributed by atoms with E-state index in [1.54, 1.807) is 23.6 Å². The van der Waals surface area contributed by atoms with Gasteiger partial charge in [-0.3, -0.25) is 14.4 Å². The highest BCUT2D eigenvalue weighted by molar-refractivity contribution is 7.11. The van der Waals surface area contributed by atoms with Crippen molar-refractivity contribution in [1.82, 2.24) is 0 Å². The summed E-state index contributed by atoms with van der Waals surface area (Å²) in [5.74, 6) is -3.83. The fourth-order valence-electron chi connectivity index (χ4n) is 6.67. The number of carbonyl (C=O) groups excluding carboxylic acids is 4. The van der Waals surface area contributed by atoms with Gasteiger partial charge in [-0.05, 0) is 47.6 Å². The molecule has 35 heavy (non-hydrogen) atoms. The highest BCUT2D eigenvalue weighted by atomic mass is 32.1. The molecule has 5 rings (SSSR count). The van der Waals surface area contributed by atoms with Crippen molar-refractivity contribution in [3.63, 3.8) is 0 Å². The van der Waals surface area contributed by atoms with Crippen LogP contribution >= 0.6 is 11.3 Å². The second-order valence-electron chi connectivity index (χ2n) is 10.2. The molecule has 0 N–H and O–H groups in total. The molecule has 2 aromatic rings. The van der Waals surface area contributed by atoms with Crippen LogP contribution in [0.5, 0.6) is 0 Å². The highest BCUT2D eigenvalue weighted by Gasteiger charge is 2.65. The van der Waals surface area contributed by atoms with E-state index in [9.17, 15) is 19.2 Å². The highest BCUT2D eigenvalue weighted by Crippen LogP contribution is 2.61. The van der Waals surface area contributed by atoms with Crippen molar-refractivity contribution in [2.75, 3.05) is 7.11 Å². The molecule has 1 aliphatic heterocycles. The van der Waals surface area contributed by atoms with E-state index in [1.165, 1.54) is 31.0 Å². The number of carbonyl (C=O) groups is 4. The van der Waals surface area contributed by atoms with Gasteiger partial charge >= 0.3 is 17.9 Å². The number of Topliss-reactive ketones (excluding diaryl/α,β-unsaturated/α-hetero) is 1. The number of esters is 3. The third kappa shape index (κ3) is 3.90. The number of thiophene rings is 1. The molecule has 0 spiro atoms. The van der Waals surface area contributed by atoms with E-state index < -0.39 is 47.3 Å². The maximum Gasteiger partial charge on any atom is 0.349 e. The van der Waals surface area contributed by atoms with Crippen molar-refractivity contribution in [3.8, 4) is 0 Å². The number of fused-ring (bicyclic) bond motifs is 3. The minimum Gasteiger partial charge on any atom is -0.472 e. The van der Waals surface area contributed by atoms with Crippen LogP contribution in [0.4, 0.5) is 0 Å². The van der Waals surface area contributed by atoms with Crippen molar-refractivity contribution in [2.45, 2.75) is 45.3 Å². The molecule has 2 aromatic heterocycles. The molecular formula is C26H28O8S. The van der Waals surface area contributed by atoms with Crippen LogP contribution in [0, 0.1) is 35.0 Å². The first-order valence-corrected chi connectivity index (χ1v) is 12.7. The number of hydrogen-bond acceptors (Lipinski definition) is 9. The second kappa shape index (κ2) is 8.93. The summed E-state index contributed by atoms with van der Waals surface area (Å²) >= 11 is 1.22. The van der Waals surface area contributed by atoms with Crippen molar-refractivity contribution in [3.05, 3.63) is 46.5 Å². The van der Waals surface area contributed by atoms with Gasteiger partial charge in [0, 0.05) is 17.9 Å². The molecule has 0 aromatic carbocycles. The van der Waals surface area contributed by atoms with E-state index in [1.807, 2.05) is 13.8 Å². The smallest absolute Gasteiger partial charge is 0.349 e. The van der Waals surface area contributed by atoms with Gasteiger partial charge in [-0.1, -0.05) is 19.9 Å². The van der Waals surface area contributed by atoms with Crippen LogP contribution in [-0.2, 0) is 28.6 Å². The Labute approximate surface area is 206 Å². The molecule has 8 atom stereocenters. The van der Waals surface area contributed by atoms with Gasteiger partial charge < -0.3 is 18.6 Å². The standard InChI is InChI=1S/C26H28O8S/c1-13-9-16-24(29)34-18(14-6-7-32-12-14)11-26(16,2)21-20(13)15(23(28)31-3)10-17(22(21)27)33-25(30)19-5-4-8-35-19/h4-8,12-13,15-18,20-21H,9-11H2,1-3H3/t13?,15-,16+,17+,18?,20?,21-,26+/m1/s1. The molecule has 3 aliphatic rings. The van der Waals surface area contributed by atoms with Gasteiger partial charge in [0.05, 0.1) is 31.5 Å². The van der Waals surface area contributed by atoms with Crippen molar-refractivity contribution >= 4 is 35.0 Å². The van der Waals surface area contributed by atoms with Crippen LogP contribution in [0.2, 0.25) is 0 Å². The zero-order valence-corrected chi connectivity index (χ0v) is 20.6. The Morgan fingerprint density at radius 3 is 2.66 bits per heavy atom. The largest absolute Gasteiger partial charge is 0.472 e. The molecule has 9 heteroatoms. The van der Waals surface area contributed by atoms with Crippen molar-refractivity contribution in [2.24, 2.45) is 35.0 Å². The maximum atomic E-state index is 14.0. The van der Waals surface area contributed by atoms with Gasteiger partial charge in [-0.25, -0.2) is 4.79 Å². The first-order chi connectivity index (χ1) is 16.7. The summed E-state index contributed by atoms with van der Waals surface area (Å²) < 4.78 is 21.8. The van der Waals surface area contributed by atoms with Gasteiger partial charge in [0.25, 0.3) is 0 Å². The average molecular weight is 501 g/mol. The summed E-state index contributed by atoms with van der Waals surface area (Å²) in [4.78, 5) is 53.3. The van der Waals surface area contributed by atoms with Gasteiger partial charge in [0.15, 0.2) is 11.9 Å². The molecular weight excluding hydrogens is 472 g/mol. The molecule has 0 radical (unpaired) electrons. The van der Waals surface area contributed by atoms with Crippen molar-refractivity contribution < 1.29 is 37.8 Å². The van der Waals surface area contributed by atoms with Gasteiger partial charge in [-0.15, -0.1) is 11.3 Å². The normalized spacial score (nSPS) is 36.5. The van der Waals surface area contributed by atoms with E-state index in [-0.39, 0.29) is 30.0 Å². The SMILES string of the molecule is COC(=O)[C@@H]1C[C@H](OC(=O)c2cccs2)C(=O)[C@H]2C1C(C)C[C@H]1C(=O)OC(c3ccoc3)C[C@@]12C. The van der Waals surface area contributed by atoms with Crippen LogP contribution < -0.4 is 0 Å². The number of cyclic esters (lactones) is 1. The van der Waals surface area contributed by atoms with E-state index in [4.69, 9.17) is 18.6 Å². The van der Waals surface area contributed by atoms with Crippen LogP contribution in [0.15, 0.2) is 40.5 Å². The number of hydrogen-bond donors (Lipinski definition) is 0. The van der Waals surface area contributed by atoms with Crippen LogP contribution in [0.1, 0.15) is 54.4 Å². The lowest BCUT2D eigenvalue weighted by atomic mass is 9.46. The Kier molecular flexibility index (Phi) is 6.07. The molecule has 2 aliphatic carbocycles. The van der Waals surface area contributed by atoms with E-state index in [0.29, 0.717) is 17.7 Å². The first kappa shape index (κ1) is 23.8. The Morgan fingerprint density at radius 2 is 2.00 bits per heavy atom. The monoisotopic (exact) mass is 500 g/mol. The van der Waals surface area contributed by atoms with Gasteiger partial charge in [0.1, 0.15) is 11.0 Å². The Balaban J connectivity index is 1.54. The molecule has 3 unspecified atom stereocenters. The lowest BCUT2D eigenvalue weighted by Gasteiger charge is -2.58. The zero-order chi connectivity index (χ0) is 24.9. The molecule has 3 heterocycles. The third-order valence-corrected chi connectivity index (χ3v) is 9.12. The van der Waals surface area contributed by atoms with Gasteiger partial charge in [0.2, 0.25) is 0 Å². The molecule has 1 saturated heterocycles. The predicted molar refractivity (Wildman–Crippen MR) is 123 cm³/mol. The summed E-state index contributed by atoms with van der Waals surface area (Å²) in [5, 5.41) is 1.75. The summed E-state index contributed by atoms with van der Waals surface area (Å²) in [6.07, 6.45) is 2.39. The van der Waals surface area contributed by atoms with E-state index >= 15 is 0 Å². The topological polar surface area (TPSA) is 109 Å². The Morgan fingerprint density at radius 1 is 1.20 bits per heavy atom. The summed E-state index contributed by atoms with van der Waals surface area (Å²) in [6.45, 7) is 3.90. The first-order valence-electron chi connectivity index (χ1n) is 11.8. The molecule has 186 valence electrons. The maximum absolute atomic E-state index is 14.0. The summed E-state index contributed by atoms with van der Waals surface area (Å²) in [5.41, 5.74) is -0.0622. The lowest BCUT2D eigenvalue weighted by molar-refractivity contribution is -0.201. The summed E-state index contributed by atoms with van der Waals surface area (Å²) in [6, 6.07) is 5.11. The van der Waals surface area contributed by atoms with E-state index in [2.05, 4.69) is 0 Å². The Hall–Kier alpha value is -2.94. The lowest BCUT2D eigenvalue weighted by Crippen LogP contribution is -2.62. The number of ether oxygens (including phenoxy) is 3. The Bertz CT molecular complexity index is 1120. The number of methoxy groups -OCH3 is 1. The molecule has 8 nitrogen and oxygen atoms in total. The van der Waals surface area contributed by atoms with Gasteiger partial charge in [-0.2, -0.15) is 0 Å². The number of furan rings is 1. The van der Waals surface area contributed by atoms with Crippen LogP contribution in [0.3, 0.4) is 0 Å². The predicted octanol–water partition coefficient (Wildman–Crippen LogP) is 4.21. The fourth-order valence-corrected chi connectivity index (χ4v) is 7.27. The molecule has 3 fully saturated rings. The molecule has 2 saturated carbocycles. The van der Waals surface area contributed by atoms with E-state index in [0.717, 1.165) is 5.56 Å². The summed E-state index contributed by atoms with van der Waals surface area (Å²) in [7, 11) is 1.32. The molecule has 0 bridgehead atoms. The zero-order valence-electron chi connectivity index (χ0n) is 19.8.